The van der Waals surface area contributed by atoms with Crippen LogP contribution in [0.4, 0.5) is 5.82 Å². The molecular formula is C27H38N5O8P. The van der Waals surface area contributed by atoms with Crippen LogP contribution in [0.1, 0.15) is 46.7 Å². The highest BCUT2D eigenvalue weighted by Crippen LogP contribution is 2.47. The van der Waals surface area contributed by atoms with E-state index in [1.54, 1.807) is 49.4 Å². The first-order valence-corrected chi connectivity index (χ1v) is 14.8. The van der Waals surface area contributed by atoms with E-state index in [9.17, 15) is 19.6 Å². The molecule has 5 N–H and O–H groups in total. The maximum atomic E-state index is 13.9. The molecule has 1 saturated heterocycles. The summed E-state index contributed by atoms with van der Waals surface area (Å²) >= 11 is 0. The van der Waals surface area contributed by atoms with Crippen LogP contribution in [0, 0.1) is 5.41 Å². The fraction of sp³-hybridized carbons (Fsp3) is 0.519. The second-order valence-corrected chi connectivity index (χ2v) is 13.1. The Bertz CT molecular complexity index is 1400. The van der Waals surface area contributed by atoms with Gasteiger partial charge in [-0.25, -0.2) is 14.1 Å². The van der Waals surface area contributed by atoms with E-state index in [4.69, 9.17) is 24.3 Å². The van der Waals surface area contributed by atoms with Gasteiger partial charge in [-0.3, -0.25) is 9.32 Å². The van der Waals surface area contributed by atoms with Gasteiger partial charge >= 0.3 is 13.7 Å². The molecule has 1 aromatic carbocycles. The SMILES string of the molecule is C[C@H](NP(=O)(OC[C@H]1O[C@@](C)(c2ccc3c(N)ncnn23)[C@H](O)[C@@H]1O)Oc1ccccc1)C(=O)OCCC(C)(C)C. The molecule has 3 heterocycles. The minimum atomic E-state index is -4.23. The van der Waals surface area contributed by atoms with Gasteiger partial charge in [0.25, 0.3) is 0 Å². The van der Waals surface area contributed by atoms with Crippen molar-refractivity contribution in [2.45, 2.75) is 71.0 Å². The van der Waals surface area contributed by atoms with Crippen molar-refractivity contribution < 1.29 is 38.1 Å². The number of carbonyl (C=O) groups excluding carboxylic acids is 1. The molecule has 0 bridgehead atoms. The van der Waals surface area contributed by atoms with Gasteiger partial charge in [0.2, 0.25) is 0 Å². The van der Waals surface area contributed by atoms with E-state index >= 15 is 0 Å². The average Bonchev–Trinajstić information content (AvgIpc) is 3.44. The Hall–Kier alpha value is -3.06. The van der Waals surface area contributed by atoms with Crippen molar-refractivity contribution in [3.05, 3.63) is 54.5 Å². The number of esters is 1. The highest BCUT2D eigenvalue weighted by molar-refractivity contribution is 7.52. The molecule has 6 atom stereocenters. The van der Waals surface area contributed by atoms with Gasteiger partial charge in [0.05, 0.1) is 18.9 Å². The molecule has 41 heavy (non-hydrogen) atoms. The third-order valence-corrected chi connectivity index (χ3v) is 8.48. The third-order valence-electron chi connectivity index (χ3n) is 6.83. The van der Waals surface area contributed by atoms with Crippen LogP contribution in [0.15, 0.2) is 48.8 Å². The van der Waals surface area contributed by atoms with Crippen LogP contribution in [-0.4, -0.2) is 68.3 Å². The summed E-state index contributed by atoms with van der Waals surface area (Å²) in [5.41, 5.74) is 5.40. The van der Waals surface area contributed by atoms with Gasteiger partial charge < -0.3 is 29.9 Å². The largest absolute Gasteiger partial charge is 0.465 e. The molecule has 2 aromatic heterocycles. The number of hydrogen-bond donors (Lipinski definition) is 4. The zero-order valence-corrected chi connectivity index (χ0v) is 24.7. The summed E-state index contributed by atoms with van der Waals surface area (Å²) in [4.78, 5) is 16.6. The van der Waals surface area contributed by atoms with E-state index in [1.807, 2.05) is 20.8 Å². The first-order chi connectivity index (χ1) is 19.2. The fourth-order valence-corrected chi connectivity index (χ4v) is 5.91. The van der Waals surface area contributed by atoms with Crippen molar-refractivity contribution in [2.24, 2.45) is 5.41 Å². The molecule has 1 fully saturated rings. The maximum absolute atomic E-state index is 13.9. The first-order valence-electron chi connectivity index (χ1n) is 13.3. The summed E-state index contributed by atoms with van der Waals surface area (Å²) in [5, 5.41) is 28.7. The van der Waals surface area contributed by atoms with Crippen molar-refractivity contribution >= 4 is 25.1 Å². The van der Waals surface area contributed by atoms with E-state index in [0.29, 0.717) is 17.6 Å². The number of carbonyl (C=O) groups is 1. The number of benzene rings is 1. The number of rotatable bonds is 11. The standard InChI is InChI=1S/C27H38N5O8P/c1-17(25(35)37-14-13-26(2,3)4)31-41(36,40-18-9-7-6-8-10-18)38-15-20-22(33)23(34)27(5,39-20)21-12-11-19-24(28)29-16-30-32(19)21/h6-12,16-17,20,22-23,33-34H,13-15H2,1-5H3,(H,31,36)(H2,28,29,30)/t17-,20+,22+,23+,27-,41?/m0/s1. The molecular weight excluding hydrogens is 553 g/mol. The minimum Gasteiger partial charge on any atom is -0.465 e. The zero-order chi connectivity index (χ0) is 30.0. The minimum absolute atomic E-state index is 0.0281. The van der Waals surface area contributed by atoms with E-state index < -0.39 is 50.3 Å². The number of aliphatic hydroxyl groups excluding tert-OH is 2. The summed E-state index contributed by atoms with van der Waals surface area (Å²) in [5.74, 6) is -0.165. The number of hydrogen-bond acceptors (Lipinski definition) is 11. The number of para-hydroxylation sites is 1. The predicted molar refractivity (Wildman–Crippen MR) is 150 cm³/mol. The Morgan fingerprint density at radius 1 is 1.24 bits per heavy atom. The lowest BCUT2D eigenvalue weighted by molar-refractivity contribution is -0.146. The van der Waals surface area contributed by atoms with Gasteiger partial charge in [0, 0.05) is 0 Å². The highest BCUT2D eigenvalue weighted by Gasteiger charge is 2.54. The molecule has 0 aliphatic carbocycles. The molecule has 14 heteroatoms. The maximum Gasteiger partial charge on any atom is 0.459 e. The van der Waals surface area contributed by atoms with Crippen LogP contribution >= 0.6 is 7.75 Å². The third kappa shape index (κ3) is 7.06. The number of fused-ring (bicyclic) bond motifs is 1. The fourth-order valence-electron chi connectivity index (χ4n) is 4.41. The van der Waals surface area contributed by atoms with Gasteiger partial charge in [-0.15, -0.1) is 0 Å². The normalized spacial score (nSPS) is 25.1. The molecule has 1 unspecified atom stereocenters. The molecule has 3 aromatic rings. The number of anilines is 1. The van der Waals surface area contributed by atoms with Gasteiger partial charge in [-0.1, -0.05) is 39.0 Å². The van der Waals surface area contributed by atoms with Crippen LogP contribution in [0.25, 0.3) is 5.52 Å². The van der Waals surface area contributed by atoms with Gasteiger partial charge in [0.15, 0.2) is 5.82 Å². The number of nitrogens with two attached hydrogens (primary N) is 1. The summed E-state index contributed by atoms with van der Waals surface area (Å²) in [6.45, 7) is 8.91. The summed E-state index contributed by atoms with van der Waals surface area (Å²) in [6.07, 6.45) is -2.03. The Kier molecular flexibility index (Phi) is 9.07. The molecule has 224 valence electrons. The van der Waals surface area contributed by atoms with Crippen LogP contribution in [0.5, 0.6) is 5.75 Å². The van der Waals surface area contributed by atoms with Gasteiger partial charge in [0.1, 0.15) is 47.5 Å². The van der Waals surface area contributed by atoms with E-state index in [-0.39, 0.29) is 23.6 Å². The molecule has 0 saturated carbocycles. The molecule has 1 aliphatic rings. The topological polar surface area (TPSA) is 180 Å². The van der Waals surface area contributed by atoms with Crippen molar-refractivity contribution in [3.8, 4) is 5.75 Å². The predicted octanol–water partition coefficient (Wildman–Crippen LogP) is 2.81. The van der Waals surface area contributed by atoms with Crippen molar-refractivity contribution in [1.29, 1.82) is 0 Å². The van der Waals surface area contributed by atoms with Gasteiger partial charge in [-0.05, 0) is 49.9 Å². The quantitative estimate of drug-likeness (QED) is 0.189. The second kappa shape index (κ2) is 12.0. The summed E-state index contributed by atoms with van der Waals surface area (Å²) < 4.78 is 38.2. The molecule has 0 spiro atoms. The lowest BCUT2D eigenvalue weighted by atomic mass is 9.93. The van der Waals surface area contributed by atoms with Crippen molar-refractivity contribution in [3.63, 3.8) is 0 Å². The summed E-state index contributed by atoms with van der Waals surface area (Å²) in [6, 6.07) is 10.6. The number of aliphatic hydroxyl groups is 2. The number of ether oxygens (including phenoxy) is 2. The smallest absolute Gasteiger partial charge is 0.459 e. The van der Waals surface area contributed by atoms with Crippen molar-refractivity contribution in [1.82, 2.24) is 19.7 Å². The lowest BCUT2D eigenvalue weighted by Gasteiger charge is -2.27. The van der Waals surface area contributed by atoms with Crippen molar-refractivity contribution in [2.75, 3.05) is 18.9 Å². The monoisotopic (exact) mass is 591 g/mol. The molecule has 4 rings (SSSR count). The van der Waals surface area contributed by atoms with Crippen LogP contribution in [0.3, 0.4) is 0 Å². The number of aromatic nitrogens is 3. The van der Waals surface area contributed by atoms with Crippen LogP contribution in [-0.2, 0) is 29.0 Å². The number of nitrogens with one attached hydrogen (secondary N) is 1. The number of nitrogens with zero attached hydrogens (tertiary/aromatic N) is 3. The molecule has 0 radical (unpaired) electrons. The Labute approximate surface area is 238 Å². The first kappa shape index (κ1) is 30.9. The van der Waals surface area contributed by atoms with E-state index in [0.717, 1.165) is 0 Å². The summed E-state index contributed by atoms with van der Waals surface area (Å²) in [7, 11) is -4.23. The second-order valence-electron chi connectivity index (χ2n) is 11.4. The Morgan fingerprint density at radius 3 is 2.63 bits per heavy atom. The van der Waals surface area contributed by atoms with Crippen LogP contribution in [0.2, 0.25) is 0 Å². The molecule has 0 amide bonds. The van der Waals surface area contributed by atoms with E-state index in [1.165, 1.54) is 17.8 Å². The lowest BCUT2D eigenvalue weighted by Crippen LogP contribution is -2.40. The average molecular weight is 592 g/mol. The molecule has 13 nitrogen and oxygen atoms in total. The zero-order valence-electron chi connectivity index (χ0n) is 23.8. The highest BCUT2D eigenvalue weighted by atomic mass is 31.2. The Morgan fingerprint density at radius 2 is 1.95 bits per heavy atom. The Balaban J connectivity index is 1.49. The van der Waals surface area contributed by atoms with Crippen LogP contribution < -0.4 is 15.3 Å². The van der Waals surface area contributed by atoms with E-state index in [2.05, 4.69) is 15.2 Å². The molecule has 1 aliphatic heterocycles. The number of nitrogen functional groups attached to an aromatic ring is 1. The van der Waals surface area contributed by atoms with Gasteiger partial charge in [-0.2, -0.15) is 10.2 Å².